The monoisotopic (exact) mass is 430 g/mol. The van der Waals surface area contributed by atoms with E-state index in [1.54, 1.807) is 7.05 Å². The number of ether oxygens (including phenoxy) is 1. The van der Waals surface area contributed by atoms with Gasteiger partial charge in [0.2, 0.25) is 0 Å². The van der Waals surface area contributed by atoms with Gasteiger partial charge in [-0.25, -0.2) is 0 Å². The SMILES string of the molecule is CCOCCNC(=NC)NCc1ccc(N2CC=CC2)cc1.I. The van der Waals surface area contributed by atoms with Gasteiger partial charge in [-0.3, -0.25) is 4.99 Å². The van der Waals surface area contributed by atoms with Gasteiger partial charge in [-0.1, -0.05) is 24.3 Å². The zero-order valence-electron chi connectivity index (χ0n) is 13.9. The Morgan fingerprint density at radius 2 is 1.87 bits per heavy atom. The number of hydrogen-bond acceptors (Lipinski definition) is 3. The van der Waals surface area contributed by atoms with Crippen LogP contribution in [0.5, 0.6) is 0 Å². The van der Waals surface area contributed by atoms with Crippen LogP contribution < -0.4 is 15.5 Å². The van der Waals surface area contributed by atoms with Gasteiger partial charge in [-0.05, 0) is 24.6 Å². The molecule has 128 valence electrons. The summed E-state index contributed by atoms with van der Waals surface area (Å²) in [4.78, 5) is 6.54. The van der Waals surface area contributed by atoms with Gasteiger partial charge in [0, 0.05) is 45.5 Å². The fourth-order valence-electron chi connectivity index (χ4n) is 2.31. The van der Waals surface area contributed by atoms with Crippen LogP contribution in [-0.2, 0) is 11.3 Å². The molecule has 0 atom stereocenters. The number of guanidine groups is 1. The quantitative estimate of drug-likeness (QED) is 0.229. The summed E-state index contributed by atoms with van der Waals surface area (Å²) in [5, 5.41) is 6.54. The Bertz CT molecular complexity index is 494. The molecule has 2 N–H and O–H groups in total. The summed E-state index contributed by atoms with van der Waals surface area (Å²) in [6.07, 6.45) is 4.40. The smallest absolute Gasteiger partial charge is 0.191 e. The number of nitrogens with zero attached hydrogens (tertiary/aromatic N) is 2. The first-order chi connectivity index (χ1) is 10.8. The minimum atomic E-state index is 0. The molecule has 0 radical (unpaired) electrons. The number of halogens is 1. The van der Waals surface area contributed by atoms with Crippen LogP contribution in [0.3, 0.4) is 0 Å². The highest BCUT2D eigenvalue weighted by molar-refractivity contribution is 14.0. The molecule has 0 aliphatic carbocycles. The topological polar surface area (TPSA) is 48.9 Å². The summed E-state index contributed by atoms with van der Waals surface area (Å²) >= 11 is 0. The maximum Gasteiger partial charge on any atom is 0.191 e. The first-order valence-corrected chi connectivity index (χ1v) is 7.84. The lowest BCUT2D eigenvalue weighted by Gasteiger charge is -2.18. The highest BCUT2D eigenvalue weighted by Gasteiger charge is 2.07. The van der Waals surface area contributed by atoms with E-state index >= 15 is 0 Å². The molecule has 1 aliphatic heterocycles. The Hall–Kier alpha value is -1.28. The normalized spacial score (nSPS) is 13.8. The minimum absolute atomic E-state index is 0. The molecular weight excluding hydrogens is 403 g/mol. The van der Waals surface area contributed by atoms with Crippen molar-refractivity contribution in [1.82, 2.24) is 10.6 Å². The molecule has 0 saturated heterocycles. The summed E-state index contributed by atoms with van der Waals surface area (Å²) in [6.45, 7) is 6.96. The fraction of sp³-hybridized carbons (Fsp3) is 0.471. The zero-order valence-corrected chi connectivity index (χ0v) is 16.2. The molecule has 0 bridgehead atoms. The third-order valence-electron chi connectivity index (χ3n) is 3.55. The number of benzene rings is 1. The summed E-state index contributed by atoms with van der Waals surface area (Å²) < 4.78 is 5.30. The second-order valence-electron chi connectivity index (χ2n) is 5.09. The van der Waals surface area contributed by atoms with E-state index in [9.17, 15) is 0 Å². The molecule has 6 heteroatoms. The van der Waals surface area contributed by atoms with Gasteiger partial charge >= 0.3 is 0 Å². The van der Waals surface area contributed by atoms with Crippen molar-refractivity contribution in [2.75, 3.05) is 44.8 Å². The number of aliphatic imine (C=N–C) groups is 1. The Balaban J connectivity index is 0.00000264. The van der Waals surface area contributed by atoms with Crippen molar-refractivity contribution >= 4 is 35.6 Å². The lowest BCUT2D eigenvalue weighted by molar-refractivity contribution is 0.152. The standard InChI is InChI=1S/C17H26N4O.HI/c1-3-22-13-10-19-17(18-2)20-14-15-6-8-16(9-7-15)21-11-4-5-12-21;/h4-9H,3,10-14H2,1-2H3,(H2,18,19,20);1H. The predicted octanol–water partition coefficient (Wildman–Crippen LogP) is 2.38. The van der Waals surface area contributed by atoms with Crippen LogP contribution in [-0.4, -0.2) is 45.9 Å². The molecule has 1 aromatic rings. The van der Waals surface area contributed by atoms with Crippen LogP contribution in [0, 0.1) is 0 Å². The van der Waals surface area contributed by atoms with Crippen LogP contribution >= 0.6 is 24.0 Å². The van der Waals surface area contributed by atoms with E-state index in [2.05, 4.69) is 56.9 Å². The van der Waals surface area contributed by atoms with E-state index in [4.69, 9.17) is 4.74 Å². The summed E-state index contributed by atoms with van der Waals surface area (Å²) in [5.41, 5.74) is 2.51. The molecular formula is C17H27IN4O. The van der Waals surface area contributed by atoms with Crippen LogP contribution in [0.15, 0.2) is 41.4 Å². The number of hydrogen-bond donors (Lipinski definition) is 2. The summed E-state index contributed by atoms with van der Waals surface area (Å²) in [5.74, 6) is 0.799. The van der Waals surface area contributed by atoms with E-state index in [1.807, 2.05) is 6.92 Å². The molecule has 0 amide bonds. The highest BCUT2D eigenvalue weighted by atomic mass is 127. The molecule has 0 saturated carbocycles. The van der Waals surface area contributed by atoms with Crippen molar-refractivity contribution in [3.8, 4) is 0 Å². The van der Waals surface area contributed by atoms with Gasteiger partial charge in [0.15, 0.2) is 5.96 Å². The number of rotatable bonds is 7. The molecule has 0 aromatic heterocycles. The van der Waals surface area contributed by atoms with Crippen LogP contribution in [0.4, 0.5) is 5.69 Å². The van der Waals surface area contributed by atoms with E-state index < -0.39 is 0 Å². The molecule has 1 aromatic carbocycles. The Morgan fingerprint density at radius 1 is 1.17 bits per heavy atom. The second-order valence-corrected chi connectivity index (χ2v) is 5.09. The second kappa shape index (κ2) is 11.3. The van der Waals surface area contributed by atoms with Crippen molar-refractivity contribution in [2.24, 2.45) is 4.99 Å². The van der Waals surface area contributed by atoms with Gasteiger partial charge in [-0.15, -0.1) is 24.0 Å². The minimum Gasteiger partial charge on any atom is -0.380 e. The Labute approximate surface area is 156 Å². The van der Waals surface area contributed by atoms with Crippen LogP contribution in [0.2, 0.25) is 0 Å². The fourth-order valence-corrected chi connectivity index (χ4v) is 2.31. The summed E-state index contributed by atoms with van der Waals surface area (Å²) in [6, 6.07) is 8.67. The lowest BCUT2D eigenvalue weighted by atomic mass is 10.2. The van der Waals surface area contributed by atoms with Gasteiger partial charge in [0.25, 0.3) is 0 Å². The van der Waals surface area contributed by atoms with E-state index in [0.717, 1.165) is 38.7 Å². The van der Waals surface area contributed by atoms with Crippen molar-refractivity contribution in [1.29, 1.82) is 0 Å². The lowest BCUT2D eigenvalue weighted by Crippen LogP contribution is -2.38. The first kappa shape index (κ1) is 19.8. The predicted molar refractivity (Wildman–Crippen MR) is 108 cm³/mol. The van der Waals surface area contributed by atoms with Gasteiger partial charge in [-0.2, -0.15) is 0 Å². The first-order valence-electron chi connectivity index (χ1n) is 7.84. The van der Waals surface area contributed by atoms with Crippen LogP contribution in [0.1, 0.15) is 12.5 Å². The van der Waals surface area contributed by atoms with Gasteiger partial charge in [0.1, 0.15) is 0 Å². The number of nitrogens with one attached hydrogen (secondary N) is 2. The highest BCUT2D eigenvalue weighted by Crippen LogP contribution is 2.17. The van der Waals surface area contributed by atoms with Crippen molar-refractivity contribution in [2.45, 2.75) is 13.5 Å². The van der Waals surface area contributed by atoms with Crippen molar-refractivity contribution in [3.05, 3.63) is 42.0 Å². The maximum absolute atomic E-state index is 5.30. The average molecular weight is 430 g/mol. The zero-order chi connectivity index (χ0) is 15.6. The molecule has 0 spiro atoms. The van der Waals surface area contributed by atoms with Crippen molar-refractivity contribution < 1.29 is 4.74 Å². The Kier molecular flexibility index (Phi) is 9.70. The number of anilines is 1. The van der Waals surface area contributed by atoms with Gasteiger partial charge < -0.3 is 20.3 Å². The van der Waals surface area contributed by atoms with Gasteiger partial charge in [0.05, 0.1) is 6.61 Å². The molecule has 23 heavy (non-hydrogen) atoms. The largest absolute Gasteiger partial charge is 0.380 e. The van der Waals surface area contributed by atoms with Crippen LogP contribution in [0.25, 0.3) is 0 Å². The molecule has 1 heterocycles. The molecule has 0 unspecified atom stereocenters. The van der Waals surface area contributed by atoms with E-state index in [1.165, 1.54) is 11.3 Å². The molecule has 0 fully saturated rings. The maximum atomic E-state index is 5.30. The Morgan fingerprint density at radius 3 is 2.48 bits per heavy atom. The van der Waals surface area contributed by atoms with E-state index in [0.29, 0.717) is 6.61 Å². The summed E-state index contributed by atoms with van der Waals surface area (Å²) in [7, 11) is 1.78. The molecule has 5 nitrogen and oxygen atoms in total. The third kappa shape index (κ3) is 6.78. The third-order valence-corrected chi connectivity index (χ3v) is 3.55. The molecule has 1 aliphatic rings. The average Bonchev–Trinajstić information content (AvgIpc) is 3.09. The van der Waals surface area contributed by atoms with Crippen molar-refractivity contribution in [3.63, 3.8) is 0 Å². The van der Waals surface area contributed by atoms with E-state index in [-0.39, 0.29) is 24.0 Å². The molecule has 2 rings (SSSR count).